The highest BCUT2D eigenvalue weighted by Gasteiger charge is 2.20. The van der Waals surface area contributed by atoms with Gasteiger partial charge in [0.05, 0.1) is 5.52 Å². The summed E-state index contributed by atoms with van der Waals surface area (Å²) >= 11 is 0. The van der Waals surface area contributed by atoms with Crippen LogP contribution < -0.4 is 10.6 Å². The number of para-hydroxylation sites is 1. The maximum Gasteiger partial charge on any atom is 0.132 e. The molecule has 0 unspecified atom stereocenters. The van der Waals surface area contributed by atoms with E-state index in [4.69, 9.17) is 10.7 Å². The molecule has 19 heavy (non-hydrogen) atoms. The predicted molar refractivity (Wildman–Crippen MR) is 80.5 cm³/mol. The summed E-state index contributed by atoms with van der Waals surface area (Å²) in [5, 5.41) is 1.22. The van der Waals surface area contributed by atoms with Crippen LogP contribution in [0.3, 0.4) is 0 Å². The zero-order valence-corrected chi connectivity index (χ0v) is 11.5. The summed E-state index contributed by atoms with van der Waals surface area (Å²) in [5.41, 5.74) is 8.11. The maximum atomic E-state index is 5.76. The Morgan fingerprint density at radius 2 is 2.00 bits per heavy atom. The Morgan fingerprint density at radius 3 is 2.74 bits per heavy atom. The quantitative estimate of drug-likeness (QED) is 0.897. The lowest BCUT2D eigenvalue weighted by Crippen LogP contribution is -2.36. The average Bonchev–Trinajstić information content (AvgIpc) is 2.47. The van der Waals surface area contributed by atoms with Crippen LogP contribution in [-0.2, 0) is 0 Å². The Morgan fingerprint density at radius 1 is 1.26 bits per heavy atom. The van der Waals surface area contributed by atoms with Gasteiger partial charge in [-0.15, -0.1) is 0 Å². The highest BCUT2D eigenvalue weighted by molar-refractivity contribution is 5.81. The summed E-state index contributed by atoms with van der Waals surface area (Å²) in [4.78, 5) is 7.25. The Hall–Kier alpha value is -1.61. The first-order valence-corrected chi connectivity index (χ1v) is 7.09. The molecule has 100 valence electrons. The van der Waals surface area contributed by atoms with Gasteiger partial charge in [0.15, 0.2) is 0 Å². The molecule has 1 saturated heterocycles. The van der Waals surface area contributed by atoms with Gasteiger partial charge in [0.1, 0.15) is 5.82 Å². The third-order valence-corrected chi connectivity index (χ3v) is 4.14. The molecule has 3 rings (SSSR count). The number of nitrogens with two attached hydrogens (primary N) is 1. The molecule has 0 radical (unpaired) electrons. The largest absolute Gasteiger partial charge is 0.356 e. The number of benzene rings is 1. The Bertz CT molecular complexity index is 571. The highest BCUT2D eigenvalue weighted by atomic mass is 15.2. The van der Waals surface area contributed by atoms with E-state index in [1.54, 1.807) is 0 Å². The van der Waals surface area contributed by atoms with Crippen molar-refractivity contribution in [2.75, 3.05) is 24.5 Å². The highest BCUT2D eigenvalue weighted by Crippen LogP contribution is 2.26. The minimum absolute atomic E-state index is 0.692. The number of hydrogen-bond acceptors (Lipinski definition) is 3. The number of aryl methyl sites for hydroxylation is 1. The number of piperidine rings is 1. The normalized spacial score (nSPS) is 17.1. The lowest BCUT2D eigenvalue weighted by Gasteiger charge is -2.33. The monoisotopic (exact) mass is 255 g/mol. The zero-order valence-electron chi connectivity index (χ0n) is 11.5. The summed E-state index contributed by atoms with van der Waals surface area (Å²) in [6, 6.07) is 10.6. The van der Waals surface area contributed by atoms with Crippen LogP contribution in [0, 0.1) is 12.8 Å². The molecule has 0 amide bonds. The average molecular weight is 255 g/mol. The van der Waals surface area contributed by atoms with Gasteiger partial charge in [-0.3, -0.25) is 0 Å². The molecule has 2 aromatic rings. The van der Waals surface area contributed by atoms with Crippen molar-refractivity contribution in [3.05, 3.63) is 35.9 Å². The molecule has 0 spiro atoms. The minimum Gasteiger partial charge on any atom is -0.356 e. The van der Waals surface area contributed by atoms with Gasteiger partial charge >= 0.3 is 0 Å². The van der Waals surface area contributed by atoms with Crippen LogP contribution >= 0.6 is 0 Å². The second-order valence-corrected chi connectivity index (χ2v) is 5.49. The van der Waals surface area contributed by atoms with Gasteiger partial charge in [-0.05, 0) is 49.9 Å². The van der Waals surface area contributed by atoms with E-state index in [1.165, 1.54) is 23.8 Å². The van der Waals surface area contributed by atoms with Crippen LogP contribution in [0.2, 0.25) is 0 Å². The van der Waals surface area contributed by atoms with Crippen molar-refractivity contribution in [3.8, 4) is 0 Å². The van der Waals surface area contributed by atoms with Crippen LogP contribution in [0.25, 0.3) is 10.9 Å². The number of nitrogens with zero attached hydrogens (tertiary/aromatic N) is 2. The lowest BCUT2D eigenvalue weighted by atomic mass is 9.97. The van der Waals surface area contributed by atoms with Crippen LogP contribution in [-0.4, -0.2) is 24.6 Å². The van der Waals surface area contributed by atoms with Crippen molar-refractivity contribution < 1.29 is 0 Å². The summed E-state index contributed by atoms with van der Waals surface area (Å²) < 4.78 is 0. The van der Waals surface area contributed by atoms with Crippen molar-refractivity contribution in [2.45, 2.75) is 19.8 Å². The molecule has 2 heterocycles. The first-order chi connectivity index (χ1) is 9.28. The van der Waals surface area contributed by atoms with Crippen molar-refractivity contribution in [1.29, 1.82) is 0 Å². The van der Waals surface area contributed by atoms with Gasteiger partial charge in [0.25, 0.3) is 0 Å². The van der Waals surface area contributed by atoms with Gasteiger partial charge in [-0.25, -0.2) is 4.98 Å². The maximum absolute atomic E-state index is 5.76. The van der Waals surface area contributed by atoms with E-state index < -0.39 is 0 Å². The van der Waals surface area contributed by atoms with E-state index in [-0.39, 0.29) is 0 Å². The van der Waals surface area contributed by atoms with Gasteiger partial charge < -0.3 is 10.6 Å². The molecule has 0 saturated carbocycles. The SMILES string of the molecule is Cc1cc2ccccc2nc1N1CCC(CN)CC1. The van der Waals surface area contributed by atoms with E-state index in [1.807, 2.05) is 0 Å². The van der Waals surface area contributed by atoms with Crippen LogP contribution in [0.15, 0.2) is 30.3 Å². The summed E-state index contributed by atoms with van der Waals surface area (Å²) in [7, 11) is 0. The molecule has 1 aromatic heterocycles. The number of rotatable bonds is 2. The van der Waals surface area contributed by atoms with Gasteiger partial charge in [0, 0.05) is 18.5 Å². The molecule has 1 aliphatic heterocycles. The second kappa shape index (κ2) is 5.17. The summed E-state index contributed by atoms with van der Waals surface area (Å²) in [5.74, 6) is 1.84. The van der Waals surface area contributed by atoms with E-state index in [9.17, 15) is 0 Å². The summed E-state index contributed by atoms with van der Waals surface area (Å²) in [6.07, 6.45) is 2.37. The van der Waals surface area contributed by atoms with Crippen molar-refractivity contribution in [3.63, 3.8) is 0 Å². The Balaban J connectivity index is 1.90. The van der Waals surface area contributed by atoms with Crippen molar-refractivity contribution >= 4 is 16.7 Å². The number of pyridine rings is 1. The zero-order chi connectivity index (χ0) is 13.2. The second-order valence-electron chi connectivity index (χ2n) is 5.49. The number of anilines is 1. The molecule has 0 atom stereocenters. The predicted octanol–water partition coefficient (Wildman–Crippen LogP) is 2.72. The first-order valence-electron chi connectivity index (χ1n) is 7.09. The summed E-state index contributed by atoms with van der Waals surface area (Å²) in [6.45, 7) is 5.13. The molecule has 3 nitrogen and oxygen atoms in total. The fourth-order valence-corrected chi connectivity index (χ4v) is 2.91. The molecule has 1 aromatic carbocycles. The number of hydrogen-bond donors (Lipinski definition) is 1. The van der Waals surface area contributed by atoms with Gasteiger partial charge in [-0.1, -0.05) is 18.2 Å². The lowest BCUT2D eigenvalue weighted by molar-refractivity contribution is 0.413. The fraction of sp³-hybridized carbons (Fsp3) is 0.438. The minimum atomic E-state index is 0.692. The fourth-order valence-electron chi connectivity index (χ4n) is 2.91. The molecule has 3 heteroatoms. The van der Waals surface area contributed by atoms with Crippen LogP contribution in [0.1, 0.15) is 18.4 Å². The van der Waals surface area contributed by atoms with E-state index in [0.29, 0.717) is 5.92 Å². The molecule has 1 fully saturated rings. The van der Waals surface area contributed by atoms with E-state index >= 15 is 0 Å². The standard InChI is InChI=1S/C16H21N3/c1-12-10-14-4-2-3-5-15(14)18-16(12)19-8-6-13(11-17)7-9-19/h2-5,10,13H,6-9,11,17H2,1H3. The topological polar surface area (TPSA) is 42.2 Å². The van der Waals surface area contributed by atoms with Crippen LogP contribution in [0.4, 0.5) is 5.82 Å². The molecule has 0 bridgehead atoms. The first kappa shape index (κ1) is 12.4. The van der Waals surface area contributed by atoms with Gasteiger partial charge in [0.2, 0.25) is 0 Å². The number of aromatic nitrogens is 1. The molecule has 1 aliphatic rings. The molecule has 2 N–H and O–H groups in total. The van der Waals surface area contributed by atoms with Crippen molar-refractivity contribution in [2.24, 2.45) is 11.7 Å². The number of fused-ring (bicyclic) bond motifs is 1. The van der Waals surface area contributed by atoms with Crippen molar-refractivity contribution in [1.82, 2.24) is 4.98 Å². The molecule has 0 aliphatic carbocycles. The molecular weight excluding hydrogens is 234 g/mol. The van der Waals surface area contributed by atoms with Gasteiger partial charge in [-0.2, -0.15) is 0 Å². The van der Waals surface area contributed by atoms with E-state index in [2.05, 4.69) is 42.2 Å². The third kappa shape index (κ3) is 2.43. The Labute approximate surface area is 114 Å². The van der Waals surface area contributed by atoms with E-state index in [0.717, 1.165) is 31.0 Å². The van der Waals surface area contributed by atoms with Crippen LogP contribution in [0.5, 0.6) is 0 Å². The molecular formula is C16H21N3. The third-order valence-electron chi connectivity index (χ3n) is 4.14. The smallest absolute Gasteiger partial charge is 0.132 e. The Kier molecular flexibility index (Phi) is 3.38.